The van der Waals surface area contributed by atoms with Gasteiger partial charge in [0.1, 0.15) is 5.75 Å². The summed E-state index contributed by atoms with van der Waals surface area (Å²) in [6.07, 6.45) is 6.57. The van der Waals surface area contributed by atoms with Crippen LogP contribution in [0.2, 0.25) is 5.02 Å². The molecule has 1 aromatic rings. The highest BCUT2D eigenvalue weighted by molar-refractivity contribution is 14.0. The Bertz CT molecular complexity index is 593. The van der Waals surface area contributed by atoms with Crippen molar-refractivity contribution in [2.45, 2.75) is 50.9 Å². The van der Waals surface area contributed by atoms with E-state index in [9.17, 15) is 0 Å². The monoisotopic (exact) mass is 509 g/mol. The van der Waals surface area contributed by atoms with E-state index in [0.717, 1.165) is 37.1 Å². The van der Waals surface area contributed by atoms with Gasteiger partial charge in [0.2, 0.25) is 0 Å². The van der Waals surface area contributed by atoms with E-state index in [1.54, 1.807) is 7.11 Å². The van der Waals surface area contributed by atoms with E-state index in [0.29, 0.717) is 30.7 Å². The van der Waals surface area contributed by atoms with Gasteiger partial charge in [0.05, 0.1) is 13.7 Å². The molecule has 0 radical (unpaired) electrons. The second-order valence-corrected chi connectivity index (χ2v) is 7.36. The van der Waals surface area contributed by atoms with Crippen LogP contribution >= 0.6 is 35.6 Å². The Kier molecular flexibility index (Phi) is 11.4. The molecule has 5 nitrogen and oxygen atoms in total. The number of hydrogen-bond acceptors (Lipinski definition) is 3. The van der Waals surface area contributed by atoms with E-state index in [2.05, 4.69) is 17.2 Å². The topological polar surface area (TPSA) is 68.9 Å². The zero-order valence-electron chi connectivity index (χ0n) is 16.4. The largest absolute Gasteiger partial charge is 0.496 e. The molecule has 3 N–H and O–H groups in total. The predicted octanol–water partition coefficient (Wildman–Crippen LogP) is 4.50. The Labute approximate surface area is 185 Å². The van der Waals surface area contributed by atoms with Crippen LogP contribution in [-0.2, 0) is 10.2 Å². The van der Waals surface area contributed by atoms with Gasteiger partial charge in [-0.2, -0.15) is 0 Å². The van der Waals surface area contributed by atoms with Crippen LogP contribution in [0.5, 0.6) is 5.75 Å². The number of nitrogens with zero attached hydrogens (tertiary/aromatic N) is 1. The summed E-state index contributed by atoms with van der Waals surface area (Å²) in [5.41, 5.74) is 7.02. The van der Waals surface area contributed by atoms with E-state index in [1.807, 2.05) is 18.2 Å². The molecule has 0 amide bonds. The molecule has 1 aliphatic heterocycles. The van der Waals surface area contributed by atoms with Gasteiger partial charge in [0, 0.05) is 35.8 Å². The van der Waals surface area contributed by atoms with Gasteiger partial charge in [-0.25, -0.2) is 0 Å². The summed E-state index contributed by atoms with van der Waals surface area (Å²) in [5, 5.41) is 3.94. The fourth-order valence-electron chi connectivity index (χ4n) is 3.43. The van der Waals surface area contributed by atoms with Crippen molar-refractivity contribution >= 4 is 41.5 Å². The lowest BCUT2D eigenvalue weighted by atomic mass is 9.73. The molecule has 7 heteroatoms. The summed E-state index contributed by atoms with van der Waals surface area (Å²) in [5.74, 6) is 1.35. The summed E-state index contributed by atoms with van der Waals surface area (Å²) in [6, 6.07) is 5.77. The number of aliphatic imine (C=N–C) groups is 1. The molecular formula is C20H33ClIN3O2. The van der Waals surface area contributed by atoms with Gasteiger partial charge in [-0.05, 0) is 37.5 Å². The van der Waals surface area contributed by atoms with Crippen molar-refractivity contribution in [3.05, 3.63) is 28.8 Å². The Balaban J connectivity index is 0.00000364. The van der Waals surface area contributed by atoms with Crippen LogP contribution in [0.4, 0.5) is 0 Å². The number of guanidine groups is 1. The molecule has 0 spiro atoms. The smallest absolute Gasteiger partial charge is 0.188 e. The first-order valence-corrected chi connectivity index (χ1v) is 9.94. The Morgan fingerprint density at radius 1 is 1.30 bits per heavy atom. The average Bonchev–Trinajstić information content (AvgIpc) is 2.67. The molecule has 0 aromatic heterocycles. The Morgan fingerprint density at radius 2 is 2.04 bits per heavy atom. The molecule has 1 saturated heterocycles. The lowest BCUT2D eigenvalue weighted by Gasteiger charge is -2.37. The standard InChI is InChI=1S/C20H32ClN3O2.HI/c1-3-4-5-6-11-23-19(22)24-15-20(9-12-26-13-10-20)17-14-16(21)7-8-18(17)25-2;/h7-8,14H,3-6,9-13,15H2,1-2H3,(H3,22,23,24);1H. The summed E-state index contributed by atoms with van der Waals surface area (Å²) >= 11 is 6.27. The first-order valence-electron chi connectivity index (χ1n) is 9.57. The van der Waals surface area contributed by atoms with Crippen LogP contribution in [-0.4, -0.2) is 39.4 Å². The third kappa shape index (κ3) is 7.31. The highest BCUT2D eigenvalue weighted by Crippen LogP contribution is 2.41. The van der Waals surface area contributed by atoms with Crippen LogP contribution in [0, 0.1) is 0 Å². The highest BCUT2D eigenvalue weighted by atomic mass is 127. The third-order valence-corrected chi connectivity index (χ3v) is 5.31. The summed E-state index contributed by atoms with van der Waals surface area (Å²) in [4.78, 5) is 4.65. The quantitative estimate of drug-likeness (QED) is 0.223. The molecule has 27 heavy (non-hydrogen) atoms. The number of unbranched alkanes of at least 4 members (excludes halogenated alkanes) is 3. The van der Waals surface area contributed by atoms with Gasteiger partial charge in [0.15, 0.2) is 5.96 Å². The van der Waals surface area contributed by atoms with E-state index in [1.165, 1.54) is 19.3 Å². The number of ether oxygens (including phenoxy) is 2. The summed E-state index contributed by atoms with van der Waals surface area (Å²) in [6.45, 7) is 5.08. The molecule has 0 aliphatic carbocycles. The molecule has 0 atom stereocenters. The number of nitrogens with two attached hydrogens (primary N) is 1. The first kappa shape index (κ1) is 24.3. The van der Waals surface area contributed by atoms with Gasteiger partial charge in [-0.3, -0.25) is 4.99 Å². The normalized spacial score (nSPS) is 16.5. The molecular weight excluding hydrogens is 477 g/mol. The van der Waals surface area contributed by atoms with Crippen molar-refractivity contribution in [1.82, 2.24) is 5.32 Å². The van der Waals surface area contributed by atoms with Crippen LogP contribution in [0.3, 0.4) is 0 Å². The lowest BCUT2D eigenvalue weighted by Crippen LogP contribution is -2.39. The van der Waals surface area contributed by atoms with Crippen molar-refractivity contribution in [2.24, 2.45) is 10.7 Å². The predicted molar refractivity (Wildman–Crippen MR) is 124 cm³/mol. The van der Waals surface area contributed by atoms with Gasteiger partial charge in [-0.1, -0.05) is 37.8 Å². The Hall–Kier alpha value is -0.730. The third-order valence-electron chi connectivity index (χ3n) is 5.07. The van der Waals surface area contributed by atoms with Gasteiger partial charge < -0.3 is 20.5 Å². The summed E-state index contributed by atoms with van der Waals surface area (Å²) in [7, 11) is 1.69. The van der Waals surface area contributed by atoms with Crippen molar-refractivity contribution in [1.29, 1.82) is 0 Å². The maximum atomic E-state index is 6.27. The lowest BCUT2D eigenvalue weighted by molar-refractivity contribution is 0.0523. The number of hydrogen-bond donors (Lipinski definition) is 2. The average molecular weight is 510 g/mol. The molecule has 0 unspecified atom stereocenters. The molecule has 1 heterocycles. The number of nitrogens with one attached hydrogen (secondary N) is 1. The molecule has 1 aromatic carbocycles. The van der Waals surface area contributed by atoms with E-state index in [-0.39, 0.29) is 29.4 Å². The zero-order chi connectivity index (χ0) is 18.8. The van der Waals surface area contributed by atoms with Crippen LogP contribution in [0.15, 0.2) is 23.2 Å². The van der Waals surface area contributed by atoms with E-state index < -0.39 is 0 Å². The number of benzene rings is 1. The maximum absolute atomic E-state index is 6.27. The first-order chi connectivity index (χ1) is 12.6. The van der Waals surface area contributed by atoms with Gasteiger partial charge in [0.25, 0.3) is 0 Å². The van der Waals surface area contributed by atoms with Gasteiger partial charge >= 0.3 is 0 Å². The minimum Gasteiger partial charge on any atom is -0.496 e. The number of methoxy groups -OCH3 is 1. The second kappa shape index (κ2) is 12.7. The van der Waals surface area contributed by atoms with Crippen molar-refractivity contribution in [3.8, 4) is 5.75 Å². The highest BCUT2D eigenvalue weighted by Gasteiger charge is 2.37. The van der Waals surface area contributed by atoms with Crippen LogP contribution < -0.4 is 15.8 Å². The second-order valence-electron chi connectivity index (χ2n) is 6.93. The minimum atomic E-state index is -0.164. The number of rotatable bonds is 9. The van der Waals surface area contributed by atoms with E-state index >= 15 is 0 Å². The molecule has 2 rings (SSSR count). The van der Waals surface area contributed by atoms with Crippen molar-refractivity contribution in [2.75, 3.05) is 33.4 Å². The SMILES string of the molecule is CCCCCCNC(N)=NCC1(c2cc(Cl)ccc2OC)CCOCC1.I. The fourth-order valence-corrected chi connectivity index (χ4v) is 3.60. The fraction of sp³-hybridized carbons (Fsp3) is 0.650. The molecule has 1 fully saturated rings. The molecule has 154 valence electrons. The molecule has 0 saturated carbocycles. The minimum absolute atomic E-state index is 0. The number of halogens is 2. The van der Waals surface area contributed by atoms with Crippen LogP contribution in [0.1, 0.15) is 51.0 Å². The molecule has 1 aliphatic rings. The van der Waals surface area contributed by atoms with Crippen LogP contribution in [0.25, 0.3) is 0 Å². The maximum Gasteiger partial charge on any atom is 0.188 e. The van der Waals surface area contributed by atoms with Gasteiger partial charge in [-0.15, -0.1) is 24.0 Å². The van der Waals surface area contributed by atoms with Crippen molar-refractivity contribution in [3.63, 3.8) is 0 Å². The zero-order valence-corrected chi connectivity index (χ0v) is 19.5. The summed E-state index contributed by atoms with van der Waals surface area (Å²) < 4.78 is 11.2. The van der Waals surface area contributed by atoms with Crippen molar-refractivity contribution < 1.29 is 9.47 Å². The Morgan fingerprint density at radius 3 is 2.70 bits per heavy atom. The molecule has 0 bridgehead atoms. The van der Waals surface area contributed by atoms with E-state index in [4.69, 9.17) is 26.8 Å².